The summed E-state index contributed by atoms with van der Waals surface area (Å²) in [6.07, 6.45) is -2.41. The molecule has 3 N–H and O–H groups in total. The summed E-state index contributed by atoms with van der Waals surface area (Å²) in [4.78, 5) is 11.6. The Bertz CT molecular complexity index is 929. The third kappa shape index (κ3) is 6.09. The summed E-state index contributed by atoms with van der Waals surface area (Å²) in [6, 6.07) is 4.09. The highest BCUT2D eigenvalue weighted by Crippen LogP contribution is 2.36. The number of halogens is 3. The second kappa shape index (κ2) is 10.3. The normalized spacial score (nSPS) is 20.7. The van der Waals surface area contributed by atoms with Gasteiger partial charge in [-0.05, 0) is 50.0 Å². The molecule has 8 nitrogen and oxygen atoms in total. The van der Waals surface area contributed by atoms with E-state index in [1.807, 2.05) is 0 Å². The average Bonchev–Trinajstić information content (AvgIpc) is 3.29. The van der Waals surface area contributed by atoms with Crippen LogP contribution in [0.2, 0.25) is 0 Å². The topological polar surface area (TPSA) is 99.8 Å². The molecule has 2 aliphatic heterocycles. The van der Waals surface area contributed by atoms with Gasteiger partial charge in [-0.25, -0.2) is 8.42 Å². The molecular weight excluding hydrogens is 469 g/mol. The lowest BCUT2D eigenvalue weighted by atomic mass is 9.98. The Morgan fingerprint density at radius 3 is 2.47 bits per heavy atom. The van der Waals surface area contributed by atoms with E-state index in [9.17, 15) is 26.4 Å². The number of piperidine rings is 1. The molecule has 2 fully saturated rings. The fourth-order valence-electron chi connectivity index (χ4n) is 3.70. The van der Waals surface area contributed by atoms with Crippen molar-refractivity contribution in [3.63, 3.8) is 0 Å². The number of rotatable bonds is 5. The predicted octanol–water partition coefficient (Wildman–Crippen LogP) is 1.78. The standard InChI is InChI=1S/C19H25F3N4O4S2/c20-19(21,22)15-5-1-2-6-16(15)32(28,29)26-9-7-13(8-10-26)17(27)24-25-18(31)23-12-14-4-3-11-30-14/h1-2,5-6,13-14H,3-4,7-12H2,(H,24,27)(H2,23,25,31). The summed E-state index contributed by atoms with van der Waals surface area (Å²) in [6.45, 7) is 1.12. The van der Waals surface area contributed by atoms with Crippen LogP contribution in [0, 0.1) is 5.92 Å². The fraction of sp³-hybridized carbons (Fsp3) is 0.579. The maximum atomic E-state index is 13.2. The van der Waals surface area contributed by atoms with Gasteiger partial charge in [0.15, 0.2) is 5.11 Å². The number of sulfonamides is 1. The van der Waals surface area contributed by atoms with Gasteiger partial charge in [0, 0.05) is 32.2 Å². The summed E-state index contributed by atoms with van der Waals surface area (Å²) in [5, 5.41) is 3.18. The van der Waals surface area contributed by atoms with Crippen LogP contribution in [0.25, 0.3) is 0 Å². The second-order valence-electron chi connectivity index (χ2n) is 7.63. The molecule has 1 unspecified atom stereocenters. The minimum Gasteiger partial charge on any atom is -0.376 e. The van der Waals surface area contributed by atoms with Crippen LogP contribution in [0.15, 0.2) is 29.2 Å². The first-order chi connectivity index (χ1) is 15.1. The molecule has 1 atom stereocenters. The molecule has 1 amide bonds. The van der Waals surface area contributed by atoms with E-state index in [1.54, 1.807) is 0 Å². The highest BCUT2D eigenvalue weighted by atomic mass is 32.2. The van der Waals surface area contributed by atoms with Gasteiger partial charge in [0.25, 0.3) is 0 Å². The summed E-state index contributed by atoms with van der Waals surface area (Å²) < 4.78 is 71.8. The van der Waals surface area contributed by atoms with E-state index in [1.165, 1.54) is 6.07 Å². The molecule has 0 aliphatic carbocycles. The number of carbonyl (C=O) groups excluding carboxylic acids is 1. The molecule has 2 aliphatic rings. The third-order valence-electron chi connectivity index (χ3n) is 5.45. The van der Waals surface area contributed by atoms with Crippen molar-refractivity contribution in [3.05, 3.63) is 29.8 Å². The Hall–Kier alpha value is -1.96. The van der Waals surface area contributed by atoms with Crippen LogP contribution in [0.3, 0.4) is 0 Å². The molecule has 3 rings (SSSR count). The molecule has 2 heterocycles. The predicted molar refractivity (Wildman–Crippen MR) is 114 cm³/mol. The first-order valence-electron chi connectivity index (χ1n) is 10.2. The second-order valence-corrected chi connectivity index (χ2v) is 9.95. The Morgan fingerprint density at radius 1 is 1.16 bits per heavy atom. The van der Waals surface area contributed by atoms with E-state index in [0.717, 1.165) is 42.0 Å². The number of carbonyl (C=O) groups is 1. The lowest BCUT2D eigenvalue weighted by molar-refractivity contribution is -0.139. The minimum absolute atomic E-state index is 0.0612. The summed E-state index contributed by atoms with van der Waals surface area (Å²) >= 11 is 5.10. The summed E-state index contributed by atoms with van der Waals surface area (Å²) in [7, 11) is -4.34. The number of amides is 1. The summed E-state index contributed by atoms with van der Waals surface area (Å²) in [5.74, 6) is -0.855. The number of hydrogen-bond acceptors (Lipinski definition) is 5. The van der Waals surface area contributed by atoms with Gasteiger partial charge in [0.1, 0.15) is 0 Å². The molecule has 2 saturated heterocycles. The number of hydrogen-bond donors (Lipinski definition) is 3. The van der Waals surface area contributed by atoms with Crippen LogP contribution in [0.1, 0.15) is 31.2 Å². The SMILES string of the molecule is O=C(NNC(=S)NCC1CCCO1)C1CCN(S(=O)(=O)c2ccccc2C(F)(F)F)CC1. The highest BCUT2D eigenvalue weighted by Gasteiger charge is 2.40. The van der Waals surface area contributed by atoms with Crippen LogP contribution < -0.4 is 16.2 Å². The molecule has 0 saturated carbocycles. The van der Waals surface area contributed by atoms with E-state index in [-0.39, 0.29) is 43.1 Å². The number of nitrogens with zero attached hydrogens (tertiary/aromatic N) is 1. The van der Waals surface area contributed by atoms with Crippen LogP contribution in [0.4, 0.5) is 13.2 Å². The monoisotopic (exact) mass is 494 g/mol. The number of thiocarbonyl (C=S) groups is 1. The average molecular weight is 495 g/mol. The van der Waals surface area contributed by atoms with Gasteiger partial charge in [0.2, 0.25) is 15.9 Å². The zero-order valence-electron chi connectivity index (χ0n) is 17.2. The first kappa shape index (κ1) is 24.7. The summed E-state index contributed by atoms with van der Waals surface area (Å²) in [5.41, 5.74) is 3.89. The molecule has 13 heteroatoms. The molecular formula is C19H25F3N4O4S2. The number of ether oxygens (including phenoxy) is 1. The van der Waals surface area contributed by atoms with Crippen LogP contribution in [-0.4, -0.2) is 56.1 Å². The Balaban J connectivity index is 1.50. The maximum Gasteiger partial charge on any atom is 0.417 e. The molecule has 0 radical (unpaired) electrons. The van der Waals surface area contributed by atoms with Gasteiger partial charge in [-0.1, -0.05) is 12.1 Å². The molecule has 0 spiro atoms. The minimum atomic E-state index is -4.79. The number of benzene rings is 1. The van der Waals surface area contributed by atoms with Crippen molar-refractivity contribution in [1.82, 2.24) is 20.5 Å². The van der Waals surface area contributed by atoms with Crippen molar-refractivity contribution in [1.29, 1.82) is 0 Å². The number of nitrogens with one attached hydrogen (secondary N) is 3. The zero-order valence-corrected chi connectivity index (χ0v) is 18.8. The Labute approximate surface area is 189 Å². The zero-order chi connectivity index (χ0) is 23.4. The molecule has 178 valence electrons. The lowest BCUT2D eigenvalue weighted by Gasteiger charge is -2.31. The number of hydrazine groups is 1. The van der Waals surface area contributed by atoms with E-state index in [2.05, 4.69) is 16.2 Å². The molecule has 0 aromatic heterocycles. The van der Waals surface area contributed by atoms with Crippen molar-refractivity contribution in [2.45, 2.75) is 42.9 Å². The largest absolute Gasteiger partial charge is 0.417 e. The van der Waals surface area contributed by atoms with Gasteiger partial charge in [-0.3, -0.25) is 15.6 Å². The van der Waals surface area contributed by atoms with Crippen molar-refractivity contribution in [3.8, 4) is 0 Å². The van der Waals surface area contributed by atoms with Gasteiger partial charge in [-0.2, -0.15) is 17.5 Å². The van der Waals surface area contributed by atoms with Crippen LogP contribution in [-0.2, 0) is 25.7 Å². The van der Waals surface area contributed by atoms with Gasteiger partial charge in [-0.15, -0.1) is 0 Å². The molecule has 1 aromatic rings. The highest BCUT2D eigenvalue weighted by molar-refractivity contribution is 7.89. The van der Waals surface area contributed by atoms with Crippen molar-refractivity contribution in [2.75, 3.05) is 26.2 Å². The fourth-order valence-corrected chi connectivity index (χ4v) is 5.52. The van der Waals surface area contributed by atoms with Crippen molar-refractivity contribution < 1.29 is 31.1 Å². The van der Waals surface area contributed by atoms with Crippen LogP contribution in [0.5, 0.6) is 0 Å². The molecule has 0 bridgehead atoms. The van der Waals surface area contributed by atoms with E-state index >= 15 is 0 Å². The Kier molecular flexibility index (Phi) is 7.96. The van der Waals surface area contributed by atoms with Gasteiger partial charge >= 0.3 is 6.18 Å². The maximum absolute atomic E-state index is 13.2. The van der Waals surface area contributed by atoms with E-state index in [4.69, 9.17) is 17.0 Å². The Morgan fingerprint density at radius 2 is 1.84 bits per heavy atom. The van der Waals surface area contributed by atoms with Crippen LogP contribution >= 0.6 is 12.2 Å². The van der Waals surface area contributed by atoms with Gasteiger partial charge in [0.05, 0.1) is 16.6 Å². The molecule has 1 aromatic carbocycles. The number of alkyl halides is 3. The smallest absolute Gasteiger partial charge is 0.376 e. The van der Waals surface area contributed by atoms with Crippen molar-refractivity contribution in [2.24, 2.45) is 5.92 Å². The molecule has 32 heavy (non-hydrogen) atoms. The van der Waals surface area contributed by atoms with E-state index in [0.29, 0.717) is 6.54 Å². The van der Waals surface area contributed by atoms with Crippen molar-refractivity contribution >= 4 is 33.3 Å². The quantitative estimate of drug-likeness (QED) is 0.424. The van der Waals surface area contributed by atoms with E-state index < -0.39 is 32.6 Å². The lowest BCUT2D eigenvalue weighted by Crippen LogP contribution is -2.51. The van der Waals surface area contributed by atoms with Gasteiger partial charge < -0.3 is 10.1 Å². The first-order valence-corrected chi connectivity index (χ1v) is 12.1. The third-order valence-corrected chi connectivity index (χ3v) is 7.65.